The zero-order valence-electron chi connectivity index (χ0n) is 20.1. The van der Waals surface area contributed by atoms with Crippen molar-refractivity contribution >= 4 is 10.9 Å². The maximum Gasteiger partial charge on any atom is 0.130 e. The first-order chi connectivity index (χ1) is 16.9. The highest BCUT2D eigenvalue weighted by Crippen LogP contribution is 2.45. The number of rotatable bonds is 6. The SMILES string of the molecule is CC(C)(C)C(c1ccccc1)c1cc(OCc2ccc3cc(F)ccc3n2)ccc1-c1cc[nH]n1. The number of halogens is 1. The van der Waals surface area contributed by atoms with Crippen molar-refractivity contribution in [2.75, 3.05) is 0 Å². The van der Waals surface area contributed by atoms with Crippen LogP contribution < -0.4 is 4.74 Å². The fraction of sp³-hybridized carbons (Fsp3) is 0.200. The van der Waals surface area contributed by atoms with Gasteiger partial charge in [-0.3, -0.25) is 5.10 Å². The van der Waals surface area contributed by atoms with Crippen LogP contribution in [0.2, 0.25) is 0 Å². The van der Waals surface area contributed by atoms with Crippen molar-refractivity contribution < 1.29 is 9.13 Å². The fourth-order valence-electron chi connectivity index (χ4n) is 4.68. The van der Waals surface area contributed by atoms with Crippen molar-refractivity contribution in [3.63, 3.8) is 0 Å². The predicted octanol–water partition coefficient (Wildman–Crippen LogP) is 7.52. The van der Waals surface area contributed by atoms with Gasteiger partial charge < -0.3 is 4.74 Å². The molecule has 5 heteroatoms. The maximum atomic E-state index is 13.5. The molecule has 1 N–H and O–H groups in total. The summed E-state index contributed by atoms with van der Waals surface area (Å²) in [6, 6.07) is 27.1. The summed E-state index contributed by atoms with van der Waals surface area (Å²) in [7, 11) is 0. The molecule has 0 saturated carbocycles. The standard InChI is InChI=1S/C30H28FN3O/c1-30(2,3)29(20-7-5-4-6-8-20)26-18-24(12-13-25(26)28-15-16-32-34-28)35-19-23-11-9-21-17-22(31)10-14-27(21)33-23/h4-18,29H,19H2,1-3H3,(H,32,34). The number of aromatic amines is 1. The van der Waals surface area contributed by atoms with Crippen LogP contribution >= 0.6 is 0 Å². The van der Waals surface area contributed by atoms with E-state index in [-0.39, 0.29) is 17.2 Å². The lowest BCUT2D eigenvalue weighted by Crippen LogP contribution is -2.20. The molecule has 5 rings (SSSR count). The predicted molar refractivity (Wildman–Crippen MR) is 138 cm³/mol. The van der Waals surface area contributed by atoms with E-state index in [0.29, 0.717) is 6.61 Å². The average Bonchev–Trinajstić information content (AvgIpc) is 3.37. The van der Waals surface area contributed by atoms with Crippen molar-refractivity contribution in [1.29, 1.82) is 0 Å². The first-order valence-corrected chi connectivity index (χ1v) is 11.8. The Morgan fingerprint density at radius 3 is 2.49 bits per heavy atom. The second-order valence-electron chi connectivity index (χ2n) is 9.85. The highest BCUT2D eigenvalue weighted by atomic mass is 19.1. The van der Waals surface area contributed by atoms with E-state index in [1.807, 2.05) is 36.5 Å². The van der Waals surface area contributed by atoms with Crippen molar-refractivity contribution in [3.05, 3.63) is 114 Å². The van der Waals surface area contributed by atoms with Crippen molar-refractivity contribution in [1.82, 2.24) is 15.2 Å². The zero-order valence-corrected chi connectivity index (χ0v) is 20.1. The minimum Gasteiger partial charge on any atom is -0.487 e. The molecule has 1 atom stereocenters. The summed E-state index contributed by atoms with van der Waals surface area (Å²) in [6.45, 7) is 7.09. The molecule has 2 aromatic heterocycles. The van der Waals surface area contributed by atoms with E-state index in [2.05, 4.69) is 72.4 Å². The Balaban J connectivity index is 1.51. The number of ether oxygens (including phenoxy) is 1. The van der Waals surface area contributed by atoms with E-state index in [0.717, 1.165) is 39.2 Å². The molecule has 0 saturated heterocycles. The lowest BCUT2D eigenvalue weighted by Gasteiger charge is -2.33. The third-order valence-corrected chi connectivity index (χ3v) is 6.21. The summed E-state index contributed by atoms with van der Waals surface area (Å²) in [4.78, 5) is 4.63. The Labute approximate surface area is 204 Å². The van der Waals surface area contributed by atoms with Gasteiger partial charge in [-0.2, -0.15) is 5.10 Å². The third kappa shape index (κ3) is 4.94. The van der Waals surface area contributed by atoms with Gasteiger partial charge in [0.05, 0.1) is 16.9 Å². The summed E-state index contributed by atoms with van der Waals surface area (Å²) in [5.41, 5.74) is 5.89. The fourth-order valence-corrected chi connectivity index (χ4v) is 4.68. The molecule has 0 radical (unpaired) electrons. The lowest BCUT2D eigenvalue weighted by atomic mass is 9.71. The van der Waals surface area contributed by atoms with Crippen LogP contribution in [-0.2, 0) is 6.61 Å². The van der Waals surface area contributed by atoms with Gasteiger partial charge in [-0.25, -0.2) is 9.37 Å². The Bertz CT molecular complexity index is 1440. The molecular weight excluding hydrogens is 437 g/mol. The van der Waals surface area contributed by atoms with Gasteiger partial charge in [0.1, 0.15) is 18.2 Å². The Morgan fingerprint density at radius 1 is 0.914 bits per heavy atom. The molecule has 1 unspecified atom stereocenters. The van der Waals surface area contributed by atoms with Crippen LogP contribution in [0.15, 0.2) is 91.1 Å². The second kappa shape index (κ2) is 9.34. The quantitative estimate of drug-likeness (QED) is 0.282. The van der Waals surface area contributed by atoms with Crippen LogP contribution in [0.5, 0.6) is 5.75 Å². The van der Waals surface area contributed by atoms with E-state index < -0.39 is 0 Å². The van der Waals surface area contributed by atoms with Gasteiger partial charge in [-0.1, -0.05) is 57.2 Å². The zero-order chi connectivity index (χ0) is 24.4. The minimum atomic E-state index is -0.264. The molecular formula is C30H28FN3O. The summed E-state index contributed by atoms with van der Waals surface area (Å²) in [5, 5.41) is 8.17. The summed E-state index contributed by atoms with van der Waals surface area (Å²) < 4.78 is 19.7. The molecule has 2 heterocycles. The van der Waals surface area contributed by atoms with Crippen LogP contribution in [0.1, 0.15) is 43.5 Å². The summed E-state index contributed by atoms with van der Waals surface area (Å²) >= 11 is 0. The molecule has 3 aromatic carbocycles. The maximum absolute atomic E-state index is 13.5. The summed E-state index contributed by atoms with van der Waals surface area (Å²) in [6.07, 6.45) is 1.84. The molecule has 0 spiro atoms. The Hall–Kier alpha value is -3.99. The molecule has 0 fully saturated rings. The van der Waals surface area contributed by atoms with Crippen LogP contribution in [0.3, 0.4) is 0 Å². The van der Waals surface area contributed by atoms with Crippen molar-refractivity contribution in [3.8, 4) is 17.0 Å². The van der Waals surface area contributed by atoms with Crippen LogP contribution in [0.4, 0.5) is 4.39 Å². The topological polar surface area (TPSA) is 50.8 Å². The highest BCUT2D eigenvalue weighted by molar-refractivity contribution is 5.78. The number of nitrogens with zero attached hydrogens (tertiary/aromatic N) is 2. The van der Waals surface area contributed by atoms with E-state index in [1.165, 1.54) is 17.7 Å². The van der Waals surface area contributed by atoms with Gasteiger partial charge in [0.2, 0.25) is 0 Å². The number of aromatic nitrogens is 3. The number of H-pyrrole nitrogens is 1. The van der Waals surface area contributed by atoms with E-state index in [4.69, 9.17) is 4.74 Å². The number of fused-ring (bicyclic) bond motifs is 1. The van der Waals surface area contributed by atoms with Crippen molar-refractivity contribution in [2.24, 2.45) is 5.41 Å². The molecule has 0 aliphatic rings. The molecule has 0 amide bonds. The molecule has 0 aliphatic heterocycles. The molecule has 5 aromatic rings. The Morgan fingerprint density at radius 2 is 1.74 bits per heavy atom. The summed E-state index contributed by atoms with van der Waals surface area (Å²) in [5.74, 6) is 0.637. The number of pyridine rings is 1. The van der Waals surface area contributed by atoms with Crippen LogP contribution in [-0.4, -0.2) is 15.2 Å². The third-order valence-electron chi connectivity index (χ3n) is 6.21. The monoisotopic (exact) mass is 465 g/mol. The number of hydrogen-bond donors (Lipinski definition) is 1. The normalized spacial score (nSPS) is 12.6. The Kier molecular flexibility index (Phi) is 6.08. The van der Waals surface area contributed by atoms with Gasteiger partial charge in [-0.15, -0.1) is 0 Å². The molecule has 35 heavy (non-hydrogen) atoms. The second-order valence-corrected chi connectivity index (χ2v) is 9.85. The van der Waals surface area contributed by atoms with Gasteiger partial charge in [0.25, 0.3) is 0 Å². The molecule has 176 valence electrons. The molecule has 4 nitrogen and oxygen atoms in total. The highest BCUT2D eigenvalue weighted by Gasteiger charge is 2.30. The first kappa shape index (κ1) is 22.8. The number of benzene rings is 3. The van der Waals surface area contributed by atoms with E-state index in [1.54, 1.807) is 6.07 Å². The van der Waals surface area contributed by atoms with E-state index in [9.17, 15) is 4.39 Å². The number of nitrogens with one attached hydrogen (secondary N) is 1. The van der Waals surface area contributed by atoms with Gasteiger partial charge in [-0.05, 0) is 65.1 Å². The van der Waals surface area contributed by atoms with Crippen LogP contribution in [0.25, 0.3) is 22.2 Å². The average molecular weight is 466 g/mol. The lowest BCUT2D eigenvalue weighted by molar-refractivity contribution is 0.300. The largest absolute Gasteiger partial charge is 0.487 e. The van der Waals surface area contributed by atoms with E-state index >= 15 is 0 Å². The minimum absolute atomic E-state index is 0.0415. The number of hydrogen-bond acceptors (Lipinski definition) is 3. The smallest absolute Gasteiger partial charge is 0.130 e. The molecule has 0 bridgehead atoms. The first-order valence-electron chi connectivity index (χ1n) is 11.8. The van der Waals surface area contributed by atoms with Crippen molar-refractivity contribution in [2.45, 2.75) is 33.3 Å². The van der Waals surface area contributed by atoms with Gasteiger partial charge >= 0.3 is 0 Å². The van der Waals surface area contributed by atoms with Gasteiger partial charge in [0.15, 0.2) is 0 Å². The van der Waals surface area contributed by atoms with Crippen LogP contribution in [0, 0.1) is 11.2 Å². The molecule has 0 aliphatic carbocycles. The van der Waals surface area contributed by atoms with Gasteiger partial charge in [0, 0.05) is 23.1 Å².